The molecule has 23 heavy (non-hydrogen) atoms. The molecule has 0 heterocycles. The smallest absolute Gasteiger partial charge is 0.169 e. The predicted octanol–water partition coefficient (Wildman–Crippen LogP) is 5.97. The van der Waals surface area contributed by atoms with Crippen LogP contribution in [-0.2, 0) is 5.41 Å². The van der Waals surface area contributed by atoms with Gasteiger partial charge in [-0.1, -0.05) is 85.5 Å². The molecule has 120 valence electrons. The lowest BCUT2D eigenvalue weighted by molar-refractivity contribution is -0.154. The summed E-state index contributed by atoms with van der Waals surface area (Å²) in [4.78, 5) is 0. The van der Waals surface area contributed by atoms with Gasteiger partial charge >= 0.3 is 6.18 Å². The van der Waals surface area contributed by atoms with E-state index in [1.165, 1.54) is 6.08 Å². The van der Waals surface area contributed by atoms with Crippen molar-refractivity contribution in [3.05, 3.63) is 71.4 Å². The highest BCUT2D eigenvalue weighted by atomic mass is 28.3. The molecular formula is C19H19F3Si. The van der Waals surface area contributed by atoms with E-state index in [4.69, 9.17) is 0 Å². The molecule has 0 amide bonds. The minimum atomic E-state index is -4.27. The molecule has 0 aromatic heterocycles. The van der Waals surface area contributed by atoms with E-state index in [0.717, 1.165) is 11.1 Å². The van der Waals surface area contributed by atoms with Gasteiger partial charge in [-0.3, -0.25) is 0 Å². The Morgan fingerprint density at radius 2 is 1.30 bits per heavy atom. The van der Waals surface area contributed by atoms with Crippen molar-refractivity contribution in [2.75, 3.05) is 0 Å². The van der Waals surface area contributed by atoms with Gasteiger partial charge in [0.15, 0.2) is 0 Å². The molecular weight excluding hydrogens is 313 g/mol. The van der Waals surface area contributed by atoms with Crippen LogP contribution in [0.15, 0.2) is 65.9 Å². The highest BCUT2D eigenvalue weighted by Crippen LogP contribution is 2.60. The lowest BCUT2D eigenvalue weighted by Gasteiger charge is -2.27. The first-order chi connectivity index (χ1) is 10.7. The number of hydrogen-bond donors (Lipinski definition) is 0. The van der Waals surface area contributed by atoms with Crippen molar-refractivity contribution >= 4 is 8.07 Å². The Hall–Kier alpha value is -1.81. The van der Waals surface area contributed by atoms with Crippen molar-refractivity contribution in [3.63, 3.8) is 0 Å². The summed E-state index contributed by atoms with van der Waals surface area (Å²) < 4.78 is 41.3. The molecule has 1 aliphatic rings. The summed E-state index contributed by atoms with van der Waals surface area (Å²) in [5.41, 5.74) is 0.449. The summed E-state index contributed by atoms with van der Waals surface area (Å²) in [6, 6.07) is 16.5. The largest absolute Gasteiger partial charge is 0.405 e. The molecule has 0 N–H and O–H groups in total. The fourth-order valence-electron chi connectivity index (χ4n) is 3.18. The van der Waals surface area contributed by atoms with Gasteiger partial charge in [-0.25, -0.2) is 0 Å². The van der Waals surface area contributed by atoms with E-state index in [2.05, 4.69) is 0 Å². The SMILES string of the molecule is C[Si](C)(C)C1=CC1(c1ccc(-c2ccccc2)cc1)C(F)(F)F. The molecule has 1 atom stereocenters. The van der Waals surface area contributed by atoms with E-state index in [-0.39, 0.29) is 0 Å². The molecule has 0 nitrogen and oxygen atoms in total. The summed E-state index contributed by atoms with van der Waals surface area (Å²) in [6.45, 7) is 5.89. The van der Waals surface area contributed by atoms with Gasteiger partial charge in [0.1, 0.15) is 5.41 Å². The molecule has 0 saturated heterocycles. The summed E-state index contributed by atoms with van der Waals surface area (Å²) in [6.07, 6.45) is -2.84. The lowest BCUT2D eigenvalue weighted by atomic mass is 9.91. The third-order valence-corrected chi connectivity index (χ3v) is 6.56. The van der Waals surface area contributed by atoms with Gasteiger partial charge in [0.05, 0.1) is 8.07 Å². The Kier molecular flexibility index (Phi) is 3.56. The van der Waals surface area contributed by atoms with E-state index in [1.54, 1.807) is 24.3 Å². The highest BCUT2D eigenvalue weighted by molar-refractivity contribution is 6.84. The Labute approximate surface area is 135 Å². The maximum Gasteiger partial charge on any atom is 0.405 e. The number of allylic oxidation sites excluding steroid dienone is 2. The normalized spacial score (nSPS) is 21.0. The van der Waals surface area contributed by atoms with Crippen molar-refractivity contribution in [3.8, 4) is 11.1 Å². The molecule has 0 spiro atoms. The molecule has 0 aliphatic heterocycles. The molecule has 0 radical (unpaired) electrons. The lowest BCUT2D eigenvalue weighted by Crippen LogP contribution is -2.38. The van der Waals surface area contributed by atoms with Crippen LogP contribution < -0.4 is 0 Å². The first-order valence-corrected chi connectivity index (χ1v) is 11.1. The van der Waals surface area contributed by atoms with Crippen LogP contribution in [0.1, 0.15) is 5.56 Å². The van der Waals surface area contributed by atoms with Crippen LogP contribution in [0.25, 0.3) is 11.1 Å². The molecule has 0 saturated carbocycles. The molecule has 1 unspecified atom stereocenters. The van der Waals surface area contributed by atoms with Crippen LogP contribution in [0.3, 0.4) is 0 Å². The van der Waals surface area contributed by atoms with Crippen molar-refractivity contribution in [2.24, 2.45) is 0 Å². The predicted molar refractivity (Wildman–Crippen MR) is 91.0 cm³/mol. The van der Waals surface area contributed by atoms with Crippen molar-refractivity contribution in [1.29, 1.82) is 0 Å². The summed E-state index contributed by atoms with van der Waals surface area (Å²) in [7, 11) is -1.99. The molecule has 2 aromatic carbocycles. The van der Waals surface area contributed by atoms with Crippen molar-refractivity contribution in [2.45, 2.75) is 31.2 Å². The van der Waals surface area contributed by atoms with Crippen LogP contribution >= 0.6 is 0 Å². The van der Waals surface area contributed by atoms with Gasteiger partial charge in [-0.05, 0) is 16.7 Å². The molecule has 1 aliphatic carbocycles. The molecule has 0 bridgehead atoms. The Balaban J connectivity index is 1.98. The average molecular weight is 332 g/mol. The minimum Gasteiger partial charge on any atom is -0.169 e. The van der Waals surface area contributed by atoms with Gasteiger partial charge < -0.3 is 0 Å². The van der Waals surface area contributed by atoms with Crippen LogP contribution in [-0.4, -0.2) is 14.3 Å². The second-order valence-corrected chi connectivity index (χ2v) is 12.1. The van der Waals surface area contributed by atoms with E-state index in [0.29, 0.717) is 10.8 Å². The molecule has 0 fully saturated rings. The summed E-state index contributed by atoms with van der Waals surface area (Å²) in [5, 5.41) is 0.588. The van der Waals surface area contributed by atoms with E-state index < -0.39 is 19.7 Å². The number of benzene rings is 2. The van der Waals surface area contributed by atoms with Crippen molar-refractivity contribution < 1.29 is 13.2 Å². The van der Waals surface area contributed by atoms with E-state index in [9.17, 15) is 13.2 Å². The standard InChI is InChI=1S/C19H19F3Si/c1-23(2,3)17-13-18(17,19(20,21)22)16-11-9-15(10-12-16)14-7-5-4-6-8-14/h4-13H,1-3H3. The maximum absolute atomic E-state index is 13.8. The second-order valence-electron chi connectivity index (χ2n) is 7.06. The Bertz CT molecular complexity index is 737. The monoisotopic (exact) mass is 332 g/mol. The van der Waals surface area contributed by atoms with Crippen molar-refractivity contribution in [1.82, 2.24) is 0 Å². The number of hydrogen-bond acceptors (Lipinski definition) is 0. The minimum absolute atomic E-state index is 0.335. The average Bonchev–Trinajstić information content (AvgIpc) is 3.25. The number of alkyl halides is 3. The van der Waals surface area contributed by atoms with Crippen LogP contribution in [0.2, 0.25) is 19.6 Å². The van der Waals surface area contributed by atoms with E-state index >= 15 is 0 Å². The maximum atomic E-state index is 13.8. The fraction of sp³-hybridized carbons (Fsp3) is 0.263. The van der Waals surface area contributed by atoms with Gasteiger partial charge in [0.25, 0.3) is 0 Å². The van der Waals surface area contributed by atoms with Crippen LogP contribution in [0.4, 0.5) is 13.2 Å². The first-order valence-electron chi connectivity index (χ1n) is 7.63. The third kappa shape index (κ3) is 2.65. The van der Waals surface area contributed by atoms with E-state index in [1.807, 2.05) is 50.0 Å². The van der Waals surface area contributed by atoms with Gasteiger partial charge in [0.2, 0.25) is 0 Å². The second kappa shape index (κ2) is 5.10. The Morgan fingerprint density at radius 3 is 1.74 bits per heavy atom. The number of halogens is 3. The number of rotatable bonds is 3. The van der Waals surface area contributed by atoms with Gasteiger partial charge in [-0.15, -0.1) is 0 Å². The first kappa shape index (κ1) is 16.1. The zero-order valence-electron chi connectivity index (χ0n) is 13.4. The molecule has 3 rings (SSSR count). The van der Waals surface area contributed by atoms with Gasteiger partial charge in [0, 0.05) is 0 Å². The molecule has 4 heteroatoms. The zero-order chi connectivity index (χ0) is 16.9. The fourth-order valence-corrected chi connectivity index (χ4v) is 5.30. The summed E-state index contributed by atoms with van der Waals surface area (Å²) >= 11 is 0. The highest BCUT2D eigenvalue weighted by Gasteiger charge is 2.66. The quantitative estimate of drug-likeness (QED) is 0.607. The third-order valence-electron chi connectivity index (χ3n) is 4.40. The Morgan fingerprint density at radius 1 is 0.783 bits per heavy atom. The van der Waals surface area contributed by atoms with Crippen LogP contribution in [0, 0.1) is 0 Å². The summed E-state index contributed by atoms with van der Waals surface area (Å²) in [5.74, 6) is 0. The molecule has 2 aromatic rings. The zero-order valence-corrected chi connectivity index (χ0v) is 14.4. The van der Waals surface area contributed by atoms with Gasteiger partial charge in [-0.2, -0.15) is 13.2 Å². The topological polar surface area (TPSA) is 0 Å². The van der Waals surface area contributed by atoms with Crippen LogP contribution in [0.5, 0.6) is 0 Å².